The lowest BCUT2D eigenvalue weighted by molar-refractivity contribution is -0.129. The van der Waals surface area contributed by atoms with Gasteiger partial charge in [0.2, 0.25) is 11.8 Å². The maximum absolute atomic E-state index is 12.7. The zero-order valence-corrected chi connectivity index (χ0v) is 18.8. The first-order valence-corrected chi connectivity index (χ1v) is 11.6. The minimum absolute atomic E-state index is 0.0343. The fourth-order valence-electron chi connectivity index (χ4n) is 4.54. The predicted molar refractivity (Wildman–Crippen MR) is 124 cm³/mol. The van der Waals surface area contributed by atoms with Crippen molar-refractivity contribution in [2.75, 3.05) is 32.8 Å². The Morgan fingerprint density at radius 3 is 2.66 bits per heavy atom. The Bertz CT molecular complexity index is 918. The number of ether oxygens (including phenoxy) is 1. The van der Waals surface area contributed by atoms with Crippen LogP contribution >= 0.6 is 0 Å². The van der Waals surface area contributed by atoms with Crippen molar-refractivity contribution in [2.45, 2.75) is 39.0 Å². The molecule has 32 heavy (non-hydrogen) atoms. The Morgan fingerprint density at radius 2 is 1.84 bits per heavy atom. The van der Waals surface area contributed by atoms with E-state index in [1.807, 2.05) is 35.2 Å². The van der Waals surface area contributed by atoms with Crippen LogP contribution in [0.3, 0.4) is 0 Å². The molecule has 2 heterocycles. The minimum Gasteiger partial charge on any atom is -0.376 e. The number of hydrogen-bond donors (Lipinski definition) is 1. The van der Waals surface area contributed by atoms with Crippen LogP contribution in [0.4, 0.5) is 0 Å². The molecule has 0 radical (unpaired) electrons. The van der Waals surface area contributed by atoms with Gasteiger partial charge in [-0.15, -0.1) is 0 Å². The van der Waals surface area contributed by atoms with Crippen molar-refractivity contribution in [1.82, 2.24) is 15.1 Å². The first-order valence-electron chi connectivity index (χ1n) is 11.6. The normalized spacial score (nSPS) is 21.7. The first kappa shape index (κ1) is 22.5. The van der Waals surface area contributed by atoms with Gasteiger partial charge in [-0.05, 0) is 30.0 Å². The molecule has 2 aliphatic rings. The van der Waals surface area contributed by atoms with Crippen LogP contribution in [-0.2, 0) is 33.8 Å². The van der Waals surface area contributed by atoms with Crippen molar-refractivity contribution >= 4 is 11.8 Å². The molecule has 6 heteroatoms. The van der Waals surface area contributed by atoms with Gasteiger partial charge in [0.1, 0.15) is 0 Å². The van der Waals surface area contributed by atoms with E-state index in [-0.39, 0.29) is 23.8 Å². The van der Waals surface area contributed by atoms with Crippen LogP contribution in [0.25, 0.3) is 0 Å². The van der Waals surface area contributed by atoms with E-state index in [2.05, 4.69) is 41.4 Å². The highest BCUT2D eigenvalue weighted by Crippen LogP contribution is 2.19. The van der Waals surface area contributed by atoms with Crippen molar-refractivity contribution in [3.8, 4) is 0 Å². The Balaban J connectivity index is 1.24. The van der Waals surface area contributed by atoms with E-state index in [0.717, 1.165) is 38.2 Å². The maximum atomic E-state index is 12.7. The molecule has 1 N–H and O–H groups in total. The van der Waals surface area contributed by atoms with E-state index in [1.165, 1.54) is 11.1 Å². The summed E-state index contributed by atoms with van der Waals surface area (Å²) in [6.07, 6.45) is 1.39. The summed E-state index contributed by atoms with van der Waals surface area (Å²) < 4.78 is 5.62. The lowest BCUT2D eigenvalue weighted by Crippen LogP contribution is -2.40. The quantitative estimate of drug-likeness (QED) is 0.693. The van der Waals surface area contributed by atoms with Crippen LogP contribution < -0.4 is 5.32 Å². The first-order chi connectivity index (χ1) is 15.6. The monoisotopic (exact) mass is 435 g/mol. The number of rotatable bonds is 8. The van der Waals surface area contributed by atoms with E-state index >= 15 is 0 Å². The van der Waals surface area contributed by atoms with Gasteiger partial charge in [0.25, 0.3) is 0 Å². The van der Waals surface area contributed by atoms with Gasteiger partial charge in [0, 0.05) is 45.7 Å². The zero-order chi connectivity index (χ0) is 22.3. The Labute approximate surface area is 190 Å². The fourth-order valence-corrected chi connectivity index (χ4v) is 4.54. The molecule has 2 aromatic carbocycles. The number of nitrogens with zero attached hydrogens (tertiary/aromatic N) is 2. The van der Waals surface area contributed by atoms with E-state index in [0.29, 0.717) is 26.1 Å². The zero-order valence-electron chi connectivity index (χ0n) is 18.8. The van der Waals surface area contributed by atoms with Crippen LogP contribution in [0.5, 0.6) is 0 Å². The third kappa shape index (κ3) is 6.17. The molecule has 4 rings (SSSR count). The number of carbonyl (C=O) groups excluding carboxylic acids is 2. The number of morpholine rings is 1. The number of nitrogens with one attached hydrogen (secondary N) is 1. The average Bonchev–Trinajstić information content (AvgIpc) is 3.18. The van der Waals surface area contributed by atoms with Gasteiger partial charge >= 0.3 is 0 Å². The van der Waals surface area contributed by atoms with Gasteiger partial charge in [0.15, 0.2) is 0 Å². The van der Waals surface area contributed by atoms with Gasteiger partial charge < -0.3 is 15.0 Å². The van der Waals surface area contributed by atoms with Gasteiger partial charge in [-0.25, -0.2) is 0 Å². The van der Waals surface area contributed by atoms with Crippen molar-refractivity contribution < 1.29 is 14.3 Å². The summed E-state index contributed by atoms with van der Waals surface area (Å²) in [6, 6.07) is 18.5. The molecule has 6 nitrogen and oxygen atoms in total. The molecule has 170 valence electrons. The van der Waals surface area contributed by atoms with Gasteiger partial charge in [-0.1, -0.05) is 54.6 Å². The molecule has 0 aliphatic carbocycles. The van der Waals surface area contributed by atoms with Crippen LogP contribution in [0, 0.1) is 5.92 Å². The summed E-state index contributed by atoms with van der Waals surface area (Å²) in [5, 5.41) is 3.04. The molecule has 0 bridgehead atoms. The van der Waals surface area contributed by atoms with Gasteiger partial charge in [0.05, 0.1) is 18.6 Å². The average molecular weight is 436 g/mol. The highest BCUT2D eigenvalue weighted by molar-refractivity contribution is 5.89. The van der Waals surface area contributed by atoms with Gasteiger partial charge in [-0.2, -0.15) is 0 Å². The van der Waals surface area contributed by atoms with Crippen molar-refractivity contribution in [2.24, 2.45) is 5.92 Å². The number of amides is 2. The molecule has 2 amide bonds. The fraction of sp³-hybridized carbons (Fsp3) is 0.462. The molecule has 0 saturated carbocycles. The molecule has 2 aromatic rings. The Kier molecular flexibility index (Phi) is 7.55. The third-order valence-corrected chi connectivity index (χ3v) is 6.29. The summed E-state index contributed by atoms with van der Waals surface area (Å²) in [4.78, 5) is 29.3. The minimum atomic E-state index is -0.267. The predicted octanol–water partition coefficient (Wildman–Crippen LogP) is 2.61. The summed E-state index contributed by atoms with van der Waals surface area (Å²) in [7, 11) is 0. The van der Waals surface area contributed by atoms with Crippen LogP contribution in [0.2, 0.25) is 0 Å². The third-order valence-electron chi connectivity index (χ3n) is 6.29. The highest BCUT2D eigenvalue weighted by atomic mass is 16.5. The second-order valence-corrected chi connectivity index (χ2v) is 8.93. The SMILES string of the molecule is C[C@@H]1CN(Cc2cccc(CNC(=O)[C@@H]3CC(=O)N(CCc4ccccc4)C3)c2)CCO1. The second-order valence-electron chi connectivity index (χ2n) is 8.93. The molecule has 0 spiro atoms. The number of carbonyl (C=O) groups is 2. The van der Waals surface area contributed by atoms with E-state index in [9.17, 15) is 9.59 Å². The topological polar surface area (TPSA) is 61.9 Å². The Morgan fingerprint density at radius 1 is 1.06 bits per heavy atom. The smallest absolute Gasteiger partial charge is 0.225 e. The van der Waals surface area contributed by atoms with Gasteiger partial charge in [-0.3, -0.25) is 14.5 Å². The van der Waals surface area contributed by atoms with Crippen molar-refractivity contribution in [3.05, 3.63) is 71.3 Å². The largest absolute Gasteiger partial charge is 0.376 e. The van der Waals surface area contributed by atoms with Crippen molar-refractivity contribution in [3.63, 3.8) is 0 Å². The molecule has 2 aliphatic heterocycles. The summed E-state index contributed by atoms with van der Waals surface area (Å²) in [5.41, 5.74) is 3.54. The lowest BCUT2D eigenvalue weighted by Gasteiger charge is -2.31. The summed E-state index contributed by atoms with van der Waals surface area (Å²) in [5.74, 6) is -0.230. The molecular weight excluding hydrogens is 402 g/mol. The van der Waals surface area contributed by atoms with Crippen LogP contribution in [0.1, 0.15) is 30.0 Å². The standard InChI is InChI=1S/C26H33N3O3/c1-20-17-28(12-13-32-20)18-23-9-5-8-22(14-23)16-27-26(31)24-15-25(30)29(19-24)11-10-21-6-3-2-4-7-21/h2-9,14,20,24H,10-13,15-19H2,1H3,(H,27,31)/t20-,24-/m1/s1. The van der Waals surface area contributed by atoms with E-state index in [4.69, 9.17) is 4.74 Å². The number of hydrogen-bond acceptors (Lipinski definition) is 4. The number of likely N-dealkylation sites (tertiary alicyclic amines) is 1. The van der Waals surface area contributed by atoms with E-state index < -0.39 is 0 Å². The molecule has 0 aromatic heterocycles. The lowest BCUT2D eigenvalue weighted by atomic mass is 10.1. The number of benzene rings is 2. The molecular formula is C26H33N3O3. The summed E-state index contributed by atoms with van der Waals surface area (Å²) in [6.45, 7) is 7.32. The Hall–Kier alpha value is -2.70. The van der Waals surface area contributed by atoms with Crippen LogP contribution in [-0.4, -0.2) is 60.5 Å². The second kappa shape index (κ2) is 10.7. The molecule has 0 unspecified atom stereocenters. The van der Waals surface area contributed by atoms with Crippen LogP contribution in [0.15, 0.2) is 54.6 Å². The maximum Gasteiger partial charge on any atom is 0.225 e. The van der Waals surface area contributed by atoms with E-state index in [1.54, 1.807) is 0 Å². The molecule has 2 atom stereocenters. The van der Waals surface area contributed by atoms with Crippen molar-refractivity contribution in [1.29, 1.82) is 0 Å². The molecule has 2 fully saturated rings. The highest BCUT2D eigenvalue weighted by Gasteiger charge is 2.33. The summed E-state index contributed by atoms with van der Waals surface area (Å²) >= 11 is 0. The molecule has 2 saturated heterocycles.